The third-order valence-corrected chi connectivity index (χ3v) is 4.71. The summed E-state index contributed by atoms with van der Waals surface area (Å²) in [6.07, 6.45) is 4.58. The van der Waals surface area contributed by atoms with Gasteiger partial charge in [0.25, 0.3) is 0 Å². The van der Waals surface area contributed by atoms with Crippen molar-refractivity contribution < 1.29 is 0 Å². The van der Waals surface area contributed by atoms with E-state index >= 15 is 0 Å². The van der Waals surface area contributed by atoms with Crippen LogP contribution in [0.15, 0.2) is 60.7 Å². The van der Waals surface area contributed by atoms with Gasteiger partial charge in [0.05, 0.1) is 0 Å². The van der Waals surface area contributed by atoms with E-state index in [9.17, 15) is 0 Å². The molecular weight excluding hydrogens is 240 g/mol. The number of rotatable bonds is 0. The molecule has 0 fully saturated rings. The molecule has 0 nitrogen and oxygen atoms in total. The molecular formula is C20H14. The number of hydrogen-bond acceptors (Lipinski definition) is 0. The van der Waals surface area contributed by atoms with Gasteiger partial charge in [0.1, 0.15) is 0 Å². The maximum atomic E-state index is 2.43. The zero-order valence-electron chi connectivity index (χ0n) is 11.2. The molecule has 0 saturated carbocycles. The average Bonchev–Trinajstić information content (AvgIpc) is 2.52. The molecule has 0 aromatic heterocycles. The van der Waals surface area contributed by atoms with E-state index in [-0.39, 0.29) is 0 Å². The average molecular weight is 254 g/mol. The van der Waals surface area contributed by atoms with Crippen LogP contribution >= 0.6 is 0 Å². The molecule has 0 aliphatic heterocycles. The number of hydrogen-bond donors (Lipinski definition) is 0. The molecule has 94 valence electrons. The van der Waals surface area contributed by atoms with E-state index in [4.69, 9.17) is 0 Å². The lowest BCUT2D eigenvalue weighted by atomic mass is 9.76. The Kier molecular flexibility index (Phi) is 1.88. The standard InChI is InChI=1S/C20H14/c1-2-7-17-15(4-1)12-16-9-8-13-5-3-6-14-10-11-18(17)20(16)19(13)14/h1-7,9-11H,8,12H2. The first-order chi connectivity index (χ1) is 9.92. The summed E-state index contributed by atoms with van der Waals surface area (Å²) in [4.78, 5) is 0. The highest BCUT2D eigenvalue weighted by atomic mass is 14.3. The summed E-state index contributed by atoms with van der Waals surface area (Å²) >= 11 is 0. The van der Waals surface area contributed by atoms with Crippen LogP contribution in [0.1, 0.15) is 16.7 Å². The Morgan fingerprint density at radius 1 is 0.700 bits per heavy atom. The summed E-state index contributed by atoms with van der Waals surface area (Å²) in [6, 6.07) is 20.1. The molecule has 0 spiro atoms. The Labute approximate surface area is 118 Å². The van der Waals surface area contributed by atoms with Crippen LogP contribution in [-0.4, -0.2) is 0 Å². The Balaban J connectivity index is 2.00. The van der Waals surface area contributed by atoms with Crippen molar-refractivity contribution in [3.8, 4) is 11.1 Å². The fourth-order valence-corrected chi connectivity index (χ4v) is 3.82. The molecule has 0 unspecified atom stereocenters. The molecule has 3 aromatic rings. The van der Waals surface area contributed by atoms with Crippen molar-refractivity contribution in [1.82, 2.24) is 0 Å². The molecule has 0 atom stereocenters. The lowest BCUT2D eigenvalue weighted by Gasteiger charge is -2.28. The molecule has 20 heavy (non-hydrogen) atoms. The number of fused-ring (bicyclic) bond motifs is 2. The van der Waals surface area contributed by atoms with Crippen molar-refractivity contribution in [3.63, 3.8) is 0 Å². The van der Waals surface area contributed by atoms with Gasteiger partial charge in [0.2, 0.25) is 0 Å². The van der Waals surface area contributed by atoms with Crippen molar-refractivity contribution in [2.75, 3.05) is 0 Å². The highest BCUT2D eigenvalue weighted by Gasteiger charge is 2.24. The number of benzene rings is 3. The van der Waals surface area contributed by atoms with Gasteiger partial charge in [-0.3, -0.25) is 0 Å². The van der Waals surface area contributed by atoms with E-state index in [2.05, 4.69) is 60.7 Å². The molecule has 0 heteroatoms. The largest absolute Gasteiger partial charge is 0.0759 e. The maximum absolute atomic E-state index is 2.43. The van der Waals surface area contributed by atoms with Crippen LogP contribution in [0.3, 0.4) is 0 Å². The second-order valence-electron chi connectivity index (χ2n) is 5.77. The van der Waals surface area contributed by atoms with E-state index in [0.29, 0.717) is 0 Å². The zero-order valence-corrected chi connectivity index (χ0v) is 11.2. The minimum absolute atomic E-state index is 1.07. The van der Waals surface area contributed by atoms with Crippen LogP contribution in [-0.2, 0) is 12.8 Å². The van der Waals surface area contributed by atoms with Gasteiger partial charge in [-0.15, -0.1) is 0 Å². The minimum atomic E-state index is 1.07. The van der Waals surface area contributed by atoms with Crippen LogP contribution in [0.25, 0.3) is 27.5 Å². The highest BCUT2D eigenvalue weighted by molar-refractivity contribution is 6.06. The molecule has 0 saturated heterocycles. The zero-order chi connectivity index (χ0) is 13.1. The van der Waals surface area contributed by atoms with Gasteiger partial charge in [-0.2, -0.15) is 0 Å². The third-order valence-electron chi connectivity index (χ3n) is 4.71. The van der Waals surface area contributed by atoms with E-state index in [1.807, 2.05) is 0 Å². The molecule has 2 aliphatic carbocycles. The van der Waals surface area contributed by atoms with Crippen molar-refractivity contribution in [2.45, 2.75) is 12.8 Å². The Morgan fingerprint density at radius 2 is 1.60 bits per heavy atom. The van der Waals surface area contributed by atoms with Crippen LogP contribution in [0.4, 0.5) is 0 Å². The number of allylic oxidation sites excluding steroid dienone is 2. The normalized spacial score (nSPS) is 14.9. The summed E-state index contributed by atoms with van der Waals surface area (Å²) < 4.78 is 0. The first-order valence-electron chi connectivity index (χ1n) is 7.24. The van der Waals surface area contributed by atoms with Crippen LogP contribution in [0, 0.1) is 0 Å². The Bertz CT molecular complexity index is 897. The summed E-state index contributed by atoms with van der Waals surface area (Å²) in [5.41, 5.74) is 8.77. The van der Waals surface area contributed by atoms with E-state index in [1.54, 1.807) is 0 Å². The Hall–Kier alpha value is -2.34. The molecule has 0 amide bonds. The van der Waals surface area contributed by atoms with Gasteiger partial charge in [-0.25, -0.2) is 0 Å². The van der Waals surface area contributed by atoms with Gasteiger partial charge >= 0.3 is 0 Å². The van der Waals surface area contributed by atoms with Gasteiger partial charge in [0, 0.05) is 0 Å². The monoisotopic (exact) mass is 254 g/mol. The van der Waals surface area contributed by atoms with Crippen molar-refractivity contribution in [2.24, 2.45) is 0 Å². The first kappa shape index (κ1) is 10.4. The summed E-state index contributed by atoms with van der Waals surface area (Å²) in [5, 5.41) is 2.86. The summed E-state index contributed by atoms with van der Waals surface area (Å²) in [7, 11) is 0. The van der Waals surface area contributed by atoms with Crippen LogP contribution < -0.4 is 0 Å². The lowest BCUT2D eigenvalue weighted by Crippen LogP contribution is -2.08. The highest BCUT2D eigenvalue weighted by Crippen LogP contribution is 2.45. The summed E-state index contributed by atoms with van der Waals surface area (Å²) in [5.74, 6) is 0. The molecule has 0 heterocycles. The van der Waals surface area contributed by atoms with Crippen LogP contribution in [0.5, 0.6) is 0 Å². The SMILES string of the molecule is C1=C2Cc3ccccc3-c3ccc4cccc(c4c32)C1. The molecule has 2 aliphatic rings. The smallest absolute Gasteiger partial charge is 0.00163 e. The van der Waals surface area contributed by atoms with Crippen molar-refractivity contribution in [1.29, 1.82) is 0 Å². The molecule has 5 rings (SSSR count). The van der Waals surface area contributed by atoms with Gasteiger partial charge in [-0.1, -0.05) is 60.7 Å². The van der Waals surface area contributed by atoms with E-state index in [1.165, 1.54) is 44.2 Å². The third kappa shape index (κ3) is 1.21. The van der Waals surface area contributed by atoms with Gasteiger partial charge in [0.15, 0.2) is 0 Å². The molecule has 3 aromatic carbocycles. The Morgan fingerprint density at radius 3 is 2.60 bits per heavy atom. The molecule has 0 radical (unpaired) electrons. The second kappa shape index (κ2) is 3.61. The fraction of sp³-hybridized carbons (Fsp3) is 0.100. The van der Waals surface area contributed by atoms with Gasteiger partial charge in [-0.05, 0) is 57.0 Å². The lowest BCUT2D eigenvalue weighted by molar-refractivity contribution is 1.19. The predicted molar refractivity (Wildman–Crippen MR) is 84.8 cm³/mol. The predicted octanol–water partition coefficient (Wildman–Crippen LogP) is 5.00. The minimum Gasteiger partial charge on any atom is -0.0759 e. The van der Waals surface area contributed by atoms with Crippen molar-refractivity contribution in [3.05, 3.63) is 77.4 Å². The van der Waals surface area contributed by atoms with Gasteiger partial charge < -0.3 is 0 Å². The fourth-order valence-electron chi connectivity index (χ4n) is 3.82. The van der Waals surface area contributed by atoms with Crippen molar-refractivity contribution >= 4 is 16.3 Å². The molecule has 0 bridgehead atoms. The molecule has 0 N–H and O–H groups in total. The quantitative estimate of drug-likeness (QED) is 0.529. The maximum Gasteiger partial charge on any atom is -0.00163 e. The van der Waals surface area contributed by atoms with Crippen LogP contribution in [0.2, 0.25) is 0 Å². The first-order valence-corrected chi connectivity index (χ1v) is 7.24. The summed E-state index contributed by atoms with van der Waals surface area (Å²) in [6.45, 7) is 0. The second-order valence-corrected chi connectivity index (χ2v) is 5.77. The van der Waals surface area contributed by atoms with E-state index in [0.717, 1.165) is 12.8 Å². The topological polar surface area (TPSA) is 0 Å². The van der Waals surface area contributed by atoms with E-state index < -0.39 is 0 Å².